The maximum Gasteiger partial charge on any atom is 0.251 e. The number of carbonyl (C=O) groups excluding carboxylic acids is 1. The van der Waals surface area contributed by atoms with E-state index in [9.17, 15) is 4.79 Å². The van der Waals surface area contributed by atoms with Crippen molar-refractivity contribution in [1.29, 1.82) is 0 Å². The summed E-state index contributed by atoms with van der Waals surface area (Å²) in [6.45, 7) is 6.31. The van der Waals surface area contributed by atoms with Gasteiger partial charge in [-0.2, -0.15) is 4.68 Å². The van der Waals surface area contributed by atoms with Crippen molar-refractivity contribution in [3.63, 3.8) is 0 Å². The van der Waals surface area contributed by atoms with Gasteiger partial charge in [0.1, 0.15) is 0 Å². The topological polar surface area (TPSA) is 72.7 Å². The summed E-state index contributed by atoms with van der Waals surface area (Å²) in [7, 11) is 0. The van der Waals surface area contributed by atoms with E-state index in [4.69, 9.17) is 0 Å². The second-order valence-corrected chi connectivity index (χ2v) is 5.83. The van der Waals surface area contributed by atoms with E-state index in [0.717, 1.165) is 16.8 Å². The van der Waals surface area contributed by atoms with Gasteiger partial charge >= 0.3 is 0 Å². The Morgan fingerprint density at radius 1 is 1.08 bits per heavy atom. The van der Waals surface area contributed by atoms with Crippen LogP contribution >= 0.6 is 0 Å². The number of amides is 1. The first-order chi connectivity index (χ1) is 11.5. The molecule has 0 aliphatic heterocycles. The highest BCUT2D eigenvalue weighted by Gasteiger charge is 2.11. The van der Waals surface area contributed by atoms with Crippen LogP contribution in [0.5, 0.6) is 0 Å². The van der Waals surface area contributed by atoms with Gasteiger partial charge in [-0.25, -0.2) is 0 Å². The zero-order chi connectivity index (χ0) is 17.1. The summed E-state index contributed by atoms with van der Waals surface area (Å²) in [6.07, 6.45) is 0. The minimum atomic E-state index is -0.145. The van der Waals surface area contributed by atoms with Crippen molar-refractivity contribution in [1.82, 2.24) is 25.5 Å². The Kier molecular flexibility index (Phi) is 4.37. The monoisotopic (exact) mass is 321 g/mol. The molecular weight excluding hydrogens is 302 g/mol. The molecule has 0 aliphatic rings. The molecule has 0 saturated heterocycles. The lowest BCUT2D eigenvalue weighted by Gasteiger charge is -2.08. The minimum absolute atomic E-state index is 0.145. The molecule has 3 rings (SSSR count). The van der Waals surface area contributed by atoms with Gasteiger partial charge in [0.25, 0.3) is 5.91 Å². The standard InChI is InChI=1S/C18H19N5O/c1-12-5-4-6-15(9-12)18(24)19-11-17-20-21-22-23(17)16-8-7-13(2)14(3)10-16/h4-10H,11H2,1-3H3,(H,19,24). The Morgan fingerprint density at radius 2 is 1.92 bits per heavy atom. The molecule has 122 valence electrons. The molecule has 0 bridgehead atoms. The zero-order valence-electron chi connectivity index (χ0n) is 13.9. The molecule has 6 heteroatoms. The van der Waals surface area contributed by atoms with Gasteiger partial charge in [0.15, 0.2) is 5.82 Å². The fraction of sp³-hybridized carbons (Fsp3) is 0.222. The number of rotatable bonds is 4. The van der Waals surface area contributed by atoms with Gasteiger partial charge in [0.05, 0.1) is 12.2 Å². The maximum atomic E-state index is 12.2. The quantitative estimate of drug-likeness (QED) is 0.801. The van der Waals surface area contributed by atoms with Crippen molar-refractivity contribution in [3.05, 3.63) is 70.5 Å². The highest BCUT2D eigenvalue weighted by atomic mass is 16.1. The molecule has 0 spiro atoms. The maximum absolute atomic E-state index is 12.2. The van der Waals surface area contributed by atoms with Gasteiger partial charge in [-0.1, -0.05) is 23.8 Å². The van der Waals surface area contributed by atoms with Crippen LogP contribution in [-0.4, -0.2) is 26.1 Å². The molecular formula is C18H19N5O. The Morgan fingerprint density at radius 3 is 2.67 bits per heavy atom. The van der Waals surface area contributed by atoms with Gasteiger partial charge in [0.2, 0.25) is 0 Å². The summed E-state index contributed by atoms with van der Waals surface area (Å²) >= 11 is 0. The minimum Gasteiger partial charge on any atom is -0.345 e. The normalized spacial score (nSPS) is 10.6. The largest absolute Gasteiger partial charge is 0.345 e. The molecule has 3 aromatic rings. The first-order valence-electron chi connectivity index (χ1n) is 7.74. The number of aryl methyl sites for hydroxylation is 3. The van der Waals surface area contributed by atoms with Crippen molar-refractivity contribution in [2.75, 3.05) is 0 Å². The Bertz CT molecular complexity index is 885. The molecule has 0 unspecified atom stereocenters. The van der Waals surface area contributed by atoms with E-state index in [1.807, 2.05) is 50.2 Å². The number of nitrogens with zero attached hydrogens (tertiary/aromatic N) is 4. The summed E-state index contributed by atoms with van der Waals surface area (Å²) in [5.74, 6) is 0.438. The first kappa shape index (κ1) is 15.9. The fourth-order valence-electron chi connectivity index (χ4n) is 2.42. The van der Waals surface area contributed by atoms with Crippen LogP contribution in [0, 0.1) is 20.8 Å². The van der Waals surface area contributed by atoms with Gasteiger partial charge in [0, 0.05) is 5.56 Å². The van der Waals surface area contributed by atoms with E-state index in [1.54, 1.807) is 10.7 Å². The van der Waals surface area contributed by atoms with Gasteiger partial charge in [-0.05, 0) is 66.6 Å². The van der Waals surface area contributed by atoms with Gasteiger partial charge in [-0.3, -0.25) is 4.79 Å². The summed E-state index contributed by atoms with van der Waals surface area (Å²) < 4.78 is 1.64. The molecule has 0 fully saturated rings. The molecule has 24 heavy (non-hydrogen) atoms. The third-order valence-electron chi connectivity index (χ3n) is 3.96. The average Bonchev–Trinajstić information content (AvgIpc) is 3.03. The van der Waals surface area contributed by atoms with E-state index >= 15 is 0 Å². The Labute approximate surface area is 140 Å². The molecule has 1 heterocycles. The van der Waals surface area contributed by atoms with Crippen molar-refractivity contribution >= 4 is 5.91 Å². The van der Waals surface area contributed by atoms with Crippen LogP contribution in [0.1, 0.15) is 32.9 Å². The molecule has 1 amide bonds. The number of hydrogen-bond acceptors (Lipinski definition) is 4. The summed E-state index contributed by atoms with van der Waals surface area (Å²) in [5.41, 5.74) is 4.92. The average molecular weight is 321 g/mol. The van der Waals surface area contributed by atoms with E-state index in [0.29, 0.717) is 11.4 Å². The molecule has 0 aliphatic carbocycles. The third-order valence-corrected chi connectivity index (χ3v) is 3.96. The van der Waals surface area contributed by atoms with Crippen molar-refractivity contribution < 1.29 is 4.79 Å². The van der Waals surface area contributed by atoms with Crippen molar-refractivity contribution in [2.24, 2.45) is 0 Å². The molecule has 0 atom stereocenters. The highest BCUT2D eigenvalue weighted by molar-refractivity contribution is 5.94. The zero-order valence-corrected chi connectivity index (χ0v) is 13.9. The fourth-order valence-corrected chi connectivity index (χ4v) is 2.42. The third kappa shape index (κ3) is 3.32. The smallest absolute Gasteiger partial charge is 0.251 e. The molecule has 2 aromatic carbocycles. The molecule has 1 aromatic heterocycles. The predicted molar refractivity (Wildman–Crippen MR) is 91.0 cm³/mol. The van der Waals surface area contributed by atoms with Crippen LogP contribution < -0.4 is 5.32 Å². The number of carbonyl (C=O) groups is 1. The highest BCUT2D eigenvalue weighted by Crippen LogP contribution is 2.14. The number of tetrazole rings is 1. The summed E-state index contributed by atoms with van der Waals surface area (Å²) in [6, 6.07) is 13.5. The Balaban J connectivity index is 1.76. The molecule has 6 nitrogen and oxygen atoms in total. The molecule has 0 saturated carbocycles. The number of aromatic nitrogens is 4. The van der Waals surface area contributed by atoms with Crippen LogP contribution in [0.4, 0.5) is 0 Å². The van der Waals surface area contributed by atoms with Crippen LogP contribution in [0.3, 0.4) is 0 Å². The molecule has 0 radical (unpaired) electrons. The van der Waals surface area contributed by atoms with Crippen LogP contribution in [0.25, 0.3) is 5.69 Å². The predicted octanol–water partition coefficient (Wildman–Crippen LogP) is 2.52. The SMILES string of the molecule is Cc1cccc(C(=O)NCc2nnnn2-c2ccc(C)c(C)c2)c1. The van der Waals surface area contributed by atoms with Crippen LogP contribution in [0.2, 0.25) is 0 Å². The van der Waals surface area contributed by atoms with E-state index in [1.165, 1.54) is 5.56 Å². The van der Waals surface area contributed by atoms with Crippen LogP contribution in [0.15, 0.2) is 42.5 Å². The van der Waals surface area contributed by atoms with E-state index in [-0.39, 0.29) is 12.5 Å². The second kappa shape index (κ2) is 6.62. The van der Waals surface area contributed by atoms with Gasteiger partial charge < -0.3 is 5.32 Å². The number of benzene rings is 2. The Hall–Kier alpha value is -3.02. The van der Waals surface area contributed by atoms with E-state index < -0.39 is 0 Å². The number of hydrogen-bond donors (Lipinski definition) is 1. The summed E-state index contributed by atoms with van der Waals surface area (Å²) in [4.78, 5) is 12.2. The number of nitrogens with one attached hydrogen (secondary N) is 1. The van der Waals surface area contributed by atoms with Gasteiger partial charge in [-0.15, -0.1) is 5.10 Å². The lowest BCUT2D eigenvalue weighted by molar-refractivity contribution is 0.0949. The lowest BCUT2D eigenvalue weighted by atomic mass is 10.1. The van der Waals surface area contributed by atoms with Crippen LogP contribution in [-0.2, 0) is 6.54 Å². The second-order valence-electron chi connectivity index (χ2n) is 5.83. The van der Waals surface area contributed by atoms with Crippen molar-refractivity contribution in [2.45, 2.75) is 27.3 Å². The van der Waals surface area contributed by atoms with E-state index in [2.05, 4.69) is 27.8 Å². The van der Waals surface area contributed by atoms with Crippen molar-refractivity contribution in [3.8, 4) is 5.69 Å². The lowest BCUT2D eigenvalue weighted by Crippen LogP contribution is -2.24. The molecule has 1 N–H and O–H groups in total. The first-order valence-corrected chi connectivity index (χ1v) is 7.74. The summed E-state index contributed by atoms with van der Waals surface area (Å²) in [5, 5.41) is 14.6.